The molecular formula is C21H29ClN9O3+. The summed E-state index contributed by atoms with van der Waals surface area (Å²) in [5.74, 6) is 0.436. The van der Waals surface area contributed by atoms with E-state index in [2.05, 4.69) is 20.6 Å². The van der Waals surface area contributed by atoms with E-state index in [-0.39, 0.29) is 41.5 Å². The molecule has 0 aliphatic carbocycles. The number of methoxy groups -OCH3 is 1. The number of hydrogen-bond acceptors (Lipinski definition) is 8. The van der Waals surface area contributed by atoms with Crippen LogP contribution in [0.3, 0.4) is 0 Å². The lowest BCUT2D eigenvalue weighted by molar-refractivity contribution is -0.667. The number of carbonyl (C=O) groups is 2. The Morgan fingerprint density at radius 1 is 1.21 bits per heavy atom. The van der Waals surface area contributed by atoms with E-state index in [1.165, 1.54) is 0 Å². The number of nitrogen functional groups attached to an aromatic ring is 2. The quantitative estimate of drug-likeness (QED) is 0.194. The predicted molar refractivity (Wildman–Crippen MR) is 128 cm³/mol. The van der Waals surface area contributed by atoms with Crippen molar-refractivity contribution < 1.29 is 18.9 Å². The molecule has 0 radical (unpaired) electrons. The van der Waals surface area contributed by atoms with Crippen molar-refractivity contribution in [3.63, 3.8) is 0 Å². The van der Waals surface area contributed by atoms with Crippen LogP contribution < -0.4 is 37.1 Å². The fourth-order valence-corrected chi connectivity index (χ4v) is 3.73. The standard InChI is InChI=1S/C21H28ClN9O3/c1-3-30-14-9-12(34-2)5-6-13(14)31(11-15(32)26-8-4-7-23)16(30)10-27-21(33)17-19(24)29-20(25)18(22)28-17/h5-6,9H,3-4,7-8,10-11,23H2,1-2H3,(H5-,24,25,26,27,29,32,33)/p+1. The Bertz CT molecular complexity index is 1210. The topological polar surface area (TPSA) is 180 Å². The summed E-state index contributed by atoms with van der Waals surface area (Å²) in [7, 11) is 1.59. The van der Waals surface area contributed by atoms with Gasteiger partial charge in [0.05, 0.1) is 13.7 Å². The van der Waals surface area contributed by atoms with Crippen molar-refractivity contribution >= 4 is 46.1 Å². The van der Waals surface area contributed by atoms with Crippen molar-refractivity contribution in [1.29, 1.82) is 0 Å². The highest BCUT2D eigenvalue weighted by Gasteiger charge is 2.27. The van der Waals surface area contributed by atoms with Crippen LogP contribution in [0.25, 0.3) is 11.0 Å². The summed E-state index contributed by atoms with van der Waals surface area (Å²) in [6.45, 7) is 3.67. The molecule has 0 saturated carbocycles. The summed E-state index contributed by atoms with van der Waals surface area (Å²) in [6.07, 6.45) is 0.680. The number of nitrogens with one attached hydrogen (secondary N) is 2. The summed E-state index contributed by atoms with van der Waals surface area (Å²) >= 11 is 5.90. The number of fused-ring (bicyclic) bond motifs is 1. The normalized spacial score (nSPS) is 10.9. The van der Waals surface area contributed by atoms with Crippen molar-refractivity contribution in [2.75, 3.05) is 31.7 Å². The van der Waals surface area contributed by atoms with Crippen LogP contribution in [0.5, 0.6) is 5.75 Å². The van der Waals surface area contributed by atoms with Crippen LogP contribution in [0, 0.1) is 0 Å². The molecular weight excluding hydrogens is 462 g/mol. The summed E-state index contributed by atoms with van der Waals surface area (Å²) < 4.78 is 9.22. The first-order chi connectivity index (χ1) is 16.3. The summed E-state index contributed by atoms with van der Waals surface area (Å²) in [5.41, 5.74) is 18.4. The van der Waals surface area contributed by atoms with Gasteiger partial charge >= 0.3 is 0 Å². The maximum atomic E-state index is 12.8. The van der Waals surface area contributed by atoms with Gasteiger partial charge in [-0.1, -0.05) is 11.6 Å². The number of nitrogens with two attached hydrogens (primary N) is 3. The van der Waals surface area contributed by atoms with Crippen molar-refractivity contribution in [1.82, 2.24) is 25.2 Å². The van der Waals surface area contributed by atoms with Gasteiger partial charge in [-0.3, -0.25) is 9.59 Å². The second kappa shape index (κ2) is 11.0. The lowest BCUT2D eigenvalue weighted by Gasteiger charge is -2.09. The number of carbonyl (C=O) groups excluding carboxylic acids is 2. The number of hydrogen-bond donors (Lipinski definition) is 5. The molecule has 0 fully saturated rings. The van der Waals surface area contributed by atoms with E-state index in [0.29, 0.717) is 37.6 Å². The Kier molecular flexibility index (Phi) is 8.08. The fraction of sp³-hybridized carbons (Fsp3) is 0.381. The zero-order valence-electron chi connectivity index (χ0n) is 19.1. The van der Waals surface area contributed by atoms with Gasteiger partial charge in [-0.05, 0) is 32.0 Å². The van der Waals surface area contributed by atoms with E-state index < -0.39 is 5.91 Å². The highest BCUT2D eigenvalue weighted by atomic mass is 35.5. The Balaban J connectivity index is 1.96. The first-order valence-electron chi connectivity index (χ1n) is 10.7. The Morgan fingerprint density at radius 2 is 1.97 bits per heavy atom. The van der Waals surface area contributed by atoms with Gasteiger partial charge in [-0.15, -0.1) is 0 Å². The van der Waals surface area contributed by atoms with Gasteiger partial charge in [-0.2, -0.15) is 0 Å². The fourth-order valence-electron chi connectivity index (χ4n) is 3.60. The molecule has 0 saturated heterocycles. The molecule has 3 aromatic rings. The Hall–Kier alpha value is -3.64. The average molecular weight is 491 g/mol. The molecule has 1 aromatic carbocycles. The Morgan fingerprint density at radius 3 is 2.65 bits per heavy atom. The second-order valence-corrected chi connectivity index (χ2v) is 7.77. The van der Waals surface area contributed by atoms with Crippen LogP contribution in [-0.4, -0.2) is 46.5 Å². The third-order valence-electron chi connectivity index (χ3n) is 5.24. The van der Waals surface area contributed by atoms with Crippen molar-refractivity contribution in [2.45, 2.75) is 33.0 Å². The molecule has 0 aliphatic rings. The molecule has 2 amide bonds. The molecule has 3 rings (SSSR count). The van der Waals surface area contributed by atoms with E-state index in [1.807, 2.05) is 34.3 Å². The molecule has 34 heavy (non-hydrogen) atoms. The number of amides is 2. The molecule has 2 aromatic heterocycles. The number of rotatable bonds is 10. The van der Waals surface area contributed by atoms with Crippen LogP contribution in [0.4, 0.5) is 11.6 Å². The molecule has 0 aliphatic heterocycles. The molecule has 0 bridgehead atoms. The number of aryl methyl sites for hydroxylation is 1. The third kappa shape index (κ3) is 5.29. The van der Waals surface area contributed by atoms with Gasteiger partial charge in [0.2, 0.25) is 0 Å². The van der Waals surface area contributed by atoms with E-state index in [1.54, 1.807) is 7.11 Å². The number of nitrogens with zero attached hydrogens (tertiary/aromatic N) is 4. The second-order valence-electron chi connectivity index (χ2n) is 7.41. The van der Waals surface area contributed by atoms with E-state index in [0.717, 1.165) is 11.0 Å². The van der Waals surface area contributed by atoms with Gasteiger partial charge in [0.15, 0.2) is 40.1 Å². The first-order valence-corrected chi connectivity index (χ1v) is 11.1. The minimum atomic E-state index is -0.573. The minimum absolute atomic E-state index is 0.0568. The number of anilines is 2. The zero-order chi connectivity index (χ0) is 24.8. The Labute approximate surface area is 201 Å². The smallest absolute Gasteiger partial charge is 0.277 e. The molecule has 182 valence electrons. The lowest BCUT2D eigenvalue weighted by atomic mass is 10.3. The third-order valence-corrected chi connectivity index (χ3v) is 5.51. The van der Waals surface area contributed by atoms with Gasteiger partial charge < -0.3 is 32.6 Å². The van der Waals surface area contributed by atoms with Crippen LogP contribution >= 0.6 is 11.6 Å². The number of aromatic nitrogens is 4. The SMILES string of the molecule is CCn1c(CNC(=O)c2nc(Cl)c(N)nc2N)[n+](CC(=O)NCCCN)c2ccc(OC)cc21. The summed E-state index contributed by atoms with van der Waals surface area (Å²) in [4.78, 5) is 33.2. The van der Waals surface area contributed by atoms with Gasteiger partial charge in [-0.25, -0.2) is 19.1 Å². The number of ether oxygens (including phenoxy) is 1. The number of imidazole rings is 1. The number of halogens is 1. The van der Waals surface area contributed by atoms with Gasteiger partial charge in [0.1, 0.15) is 12.3 Å². The molecule has 13 heteroatoms. The summed E-state index contributed by atoms with van der Waals surface area (Å²) in [6, 6.07) is 5.58. The lowest BCUT2D eigenvalue weighted by Crippen LogP contribution is -2.47. The average Bonchev–Trinajstić information content (AvgIpc) is 3.11. The van der Waals surface area contributed by atoms with Crippen molar-refractivity contribution in [3.8, 4) is 5.75 Å². The molecule has 0 unspecified atom stereocenters. The van der Waals surface area contributed by atoms with Gasteiger partial charge in [0.25, 0.3) is 17.6 Å². The van der Waals surface area contributed by atoms with E-state index >= 15 is 0 Å². The maximum absolute atomic E-state index is 12.8. The highest BCUT2D eigenvalue weighted by molar-refractivity contribution is 6.31. The summed E-state index contributed by atoms with van der Waals surface area (Å²) in [5, 5.41) is 5.54. The van der Waals surface area contributed by atoms with Crippen LogP contribution in [0.2, 0.25) is 5.15 Å². The highest BCUT2D eigenvalue weighted by Crippen LogP contribution is 2.22. The molecule has 8 N–H and O–H groups in total. The van der Waals surface area contributed by atoms with Crippen molar-refractivity contribution in [2.24, 2.45) is 5.73 Å². The number of benzene rings is 1. The minimum Gasteiger partial charge on any atom is -0.497 e. The van der Waals surface area contributed by atoms with Crippen molar-refractivity contribution in [3.05, 3.63) is 34.9 Å². The predicted octanol–water partition coefficient (Wildman–Crippen LogP) is -0.0399. The largest absolute Gasteiger partial charge is 0.497 e. The van der Waals surface area contributed by atoms with Crippen LogP contribution in [0.1, 0.15) is 29.7 Å². The van der Waals surface area contributed by atoms with Gasteiger partial charge in [0, 0.05) is 12.6 Å². The zero-order valence-corrected chi connectivity index (χ0v) is 19.9. The molecule has 2 heterocycles. The molecule has 0 atom stereocenters. The maximum Gasteiger partial charge on any atom is 0.277 e. The monoisotopic (exact) mass is 490 g/mol. The molecule has 12 nitrogen and oxygen atoms in total. The molecule has 0 spiro atoms. The van der Waals surface area contributed by atoms with E-state index in [9.17, 15) is 9.59 Å². The van der Waals surface area contributed by atoms with Crippen LogP contribution in [-0.2, 0) is 24.4 Å². The van der Waals surface area contributed by atoms with Crippen LogP contribution in [0.15, 0.2) is 18.2 Å². The first kappa shape index (κ1) is 25.0. The van der Waals surface area contributed by atoms with E-state index in [4.69, 9.17) is 33.5 Å².